The van der Waals surface area contributed by atoms with Crippen LogP contribution in [0.4, 0.5) is 10.1 Å². The highest BCUT2D eigenvalue weighted by Gasteiger charge is 2.42. The summed E-state index contributed by atoms with van der Waals surface area (Å²) in [5, 5.41) is 0. The fraction of sp³-hybridized carbons (Fsp3) is 0.235. The molecule has 7 nitrogen and oxygen atoms in total. The van der Waals surface area contributed by atoms with Gasteiger partial charge in [0.2, 0.25) is 5.91 Å². The summed E-state index contributed by atoms with van der Waals surface area (Å²) in [5.41, 5.74) is 6.33. The topological polar surface area (TPSA) is 98.9 Å². The van der Waals surface area contributed by atoms with Crippen molar-refractivity contribution < 1.29 is 27.1 Å². The Morgan fingerprint density at radius 2 is 1.81 bits per heavy atom. The van der Waals surface area contributed by atoms with Crippen molar-refractivity contribution in [2.75, 3.05) is 18.5 Å². The normalized spacial score (nSPS) is 16.3. The summed E-state index contributed by atoms with van der Waals surface area (Å²) in [4.78, 5) is 11.2. The van der Waals surface area contributed by atoms with Gasteiger partial charge in [-0.15, -0.1) is 0 Å². The van der Waals surface area contributed by atoms with E-state index in [1.165, 1.54) is 14.2 Å². The van der Waals surface area contributed by atoms with Gasteiger partial charge in [0.05, 0.1) is 19.9 Å². The van der Waals surface area contributed by atoms with Gasteiger partial charge in [-0.3, -0.25) is 9.10 Å². The molecule has 0 saturated carbocycles. The Hall–Kier alpha value is -2.81. The van der Waals surface area contributed by atoms with E-state index in [2.05, 4.69) is 0 Å². The lowest BCUT2D eigenvalue weighted by Gasteiger charge is -2.25. The molecule has 2 N–H and O–H groups in total. The van der Waals surface area contributed by atoms with Crippen LogP contribution in [0.1, 0.15) is 5.56 Å². The van der Waals surface area contributed by atoms with Gasteiger partial charge in [-0.25, -0.2) is 12.8 Å². The third-order valence-electron chi connectivity index (χ3n) is 4.23. The SMILES string of the molecule is COc1cc(F)c(S(=O)(=O)N2c3ccccc3C[C@H]2C(N)=O)cc1OC. The van der Waals surface area contributed by atoms with Gasteiger partial charge in [-0.2, -0.15) is 0 Å². The first-order chi connectivity index (χ1) is 12.3. The molecule has 9 heteroatoms. The zero-order chi connectivity index (χ0) is 19.1. The minimum absolute atomic E-state index is 0.0515. The van der Waals surface area contributed by atoms with E-state index in [-0.39, 0.29) is 17.9 Å². The first-order valence-electron chi connectivity index (χ1n) is 7.64. The molecule has 2 aromatic rings. The highest BCUT2D eigenvalue weighted by atomic mass is 32.2. The number of benzene rings is 2. The van der Waals surface area contributed by atoms with Crippen molar-refractivity contribution in [1.82, 2.24) is 0 Å². The van der Waals surface area contributed by atoms with E-state index < -0.39 is 32.7 Å². The first kappa shape index (κ1) is 18.0. The summed E-state index contributed by atoms with van der Waals surface area (Å²) in [6, 6.07) is 7.43. The molecular weight excluding hydrogens is 363 g/mol. The minimum atomic E-state index is -4.41. The molecule has 1 heterocycles. The van der Waals surface area contributed by atoms with Crippen LogP contribution in [0.5, 0.6) is 11.5 Å². The summed E-state index contributed by atoms with van der Waals surface area (Å²) < 4.78 is 51.8. The summed E-state index contributed by atoms with van der Waals surface area (Å²) in [6.07, 6.45) is 0.125. The van der Waals surface area contributed by atoms with Gasteiger partial charge in [0, 0.05) is 18.6 Å². The molecular formula is C17H17FN2O5S. The Morgan fingerprint density at radius 1 is 1.19 bits per heavy atom. The van der Waals surface area contributed by atoms with E-state index in [9.17, 15) is 17.6 Å². The third-order valence-corrected chi connectivity index (χ3v) is 6.07. The maximum atomic E-state index is 14.5. The van der Waals surface area contributed by atoms with Crippen molar-refractivity contribution in [3.63, 3.8) is 0 Å². The molecule has 0 radical (unpaired) electrons. The molecule has 2 aromatic carbocycles. The third kappa shape index (κ3) is 2.74. The number of hydrogen-bond donors (Lipinski definition) is 1. The maximum Gasteiger partial charge on any atom is 0.268 e. The van der Waals surface area contributed by atoms with Gasteiger partial charge in [0.1, 0.15) is 16.8 Å². The first-order valence-corrected chi connectivity index (χ1v) is 9.08. The van der Waals surface area contributed by atoms with Crippen LogP contribution in [-0.4, -0.2) is 34.6 Å². The summed E-state index contributed by atoms with van der Waals surface area (Å²) in [6.45, 7) is 0. The van der Waals surface area contributed by atoms with Gasteiger partial charge in [-0.05, 0) is 11.6 Å². The van der Waals surface area contributed by atoms with Gasteiger partial charge >= 0.3 is 0 Å². The molecule has 1 aliphatic rings. The number of halogens is 1. The predicted octanol–water partition coefficient (Wildman–Crippen LogP) is 1.45. The minimum Gasteiger partial charge on any atom is -0.493 e. The fourth-order valence-electron chi connectivity index (χ4n) is 3.01. The molecule has 138 valence electrons. The van der Waals surface area contributed by atoms with Crippen molar-refractivity contribution in [2.45, 2.75) is 17.4 Å². The number of carbonyl (C=O) groups is 1. The van der Waals surface area contributed by atoms with Gasteiger partial charge in [0.15, 0.2) is 11.5 Å². The molecule has 1 aliphatic heterocycles. The number of nitrogens with zero attached hydrogens (tertiary/aromatic N) is 1. The number of nitrogens with two attached hydrogens (primary N) is 1. The molecule has 0 bridgehead atoms. The van der Waals surface area contributed by atoms with Crippen LogP contribution in [0, 0.1) is 5.82 Å². The van der Waals surface area contributed by atoms with Crippen LogP contribution in [0.15, 0.2) is 41.3 Å². The summed E-state index contributed by atoms with van der Waals surface area (Å²) in [7, 11) is -1.79. The van der Waals surface area contributed by atoms with E-state index in [0.29, 0.717) is 11.3 Å². The number of primary amides is 1. The summed E-state index contributed by atoms with van der Waals surface area (Å²) in [5.74, 6) is -1.73. The number of ether oxygens (including phenoxy) is 2. The number of rotatable bonds is 5. The molecule has 0 aliphatic carbocycles. The van der Waals surface area contributed by atoms with E-state index in [1.807, 2.05) is 0 Å². The number of carbonyl (C=O) groups excluding carboxylic acids is 1. The Bertz CT molecular complexity index is 977. The second-order valence-corrected chi connectivity index (χ2v) is 7.47. The molecule has 3 rings (SSSR count). The molecule has 0 spiro atoms. The van der Waals surface area contributed by atoms with E-state index >= 15 is 0 Å². The van der Waals surface area contributed by atoms with E-state index in [0.717, 1.165) is 16.4 Å². The smallest absolute Gasteiger partial charge is 0.268 e. The quantitative estimate of drug-likeness (QED) is 0.846. The Balaban J connectivity index is 2.20. The number of anilines is 1. The highest BCUT2D eigenvalue weighted by molar-refractivity contribution is 7.93. The Kier molecular flexibility index (Phi) is 4.49. The van der Waals surface area contributed by atoms with Crippen LogP contribution in [0.3, 0.4) is 0 Å². The lowest BCUT2D eigenvalue weighted by molar-refractivity contribution is -0.118. The van der Waals surface area contributed by atoms with Crippen molar-refractivity contribution >= 4 is 21.6 Å². The van der Waals surface area contributed by atoms with Crippen molar-refractivity contribution in [3.8, 4) is 11.5 Å². The predicted molar refractivity (Wildman–Crippen MR) is 92.3 cm³/mol. The standard InChI is InChI=1S/C17H17FN2O5S/c1-24-14-8-11(18)16(9-15(14)25-2)26(22,23)20-12-6-4-3-5-10(12)7-13(20)17(19)21/h3-6,8-9,13H,7H2,1-2H3,(H2,19,21)/t13-/m0/s1. The molecule has 26 heavy (non-hydrogen) atoms. The Morgan fingerprint density at radius 3 is 2.42 bits per heavy atom. The average molecular weight is 380 g/mol. The van der Waals surface area contributed by atoms with E-state index in [4.69, 9.17) is 15.2 Å². The van der Waals surface area contributed by atoms with Crippen LogP contribution >= 0.6 is 0 Å². The molecule has 1 atom stereocenters. The van der Waals surface area contributed by atoms with Crippen LogP contribution in [0.2, 0.25) is 0 Å². The fourth-order valence-corrected chi connectivity index (χ4v) is 4.73. The van der Waals surface area contributed by atoms with Crippen molar-refractivity contribution in [3.05, 3.63) is 47.8 Å². The van der Waals surface area contributed by atoms with Crippen molar-refractivity contribution in [1.29, 1.82) is 0 Å². The molecule has 1 amide bonds. The van der Waals surface area contributed by atoms with Crippen LogP contribution in [0.25, 0.3) is 0 Å². The summed E-state index contributed by atoms with van der Waals surface area (Å²) >= 11 is 0. The molecule has 0 fully saturated rings. The number of methoxy groups -OCH3 is 2. The maximum absolute atomic E-state index is 14.5. The lowest BCUT2D eigenvalue weighted by atomic mass is 10.1. The zero-order valence-corrected chi connectivity index (χ0v) is 14.9. The largest absolute Gasteiger partial charge is 0.493 e. The lowest BCUT2D eigenvalue weighted by Crippen LogP contribution is -2.46. The number of sulfonamides is 1. The number of para-hydroxylation sites is 1. The monoisotopic (exact) mass is 380 g/mol. The molecule has 0 aromatic heterocycles. The highest BCUT2D eigenvalue weighted by Crippen LogP contribution is 2.39. The molecule has 0 saturated heterocycles. The zero-order valence-electron chi connectivity index (χ0n) is 14.1. The Labute approximate surface area is 150 Å². The van der Waals surface area contributed by atoms with Gasteiger partial charge in [-0.1, -0.05) is 18.2 Å². The van der Waals surface area contributed by atoms with Crippen LogP contribution < -0.4 is 19.5 Å². The second-order valence-electron chi connectivity index (χ2n) is 5.69. The number of amides is 1. The average Bonchev–Trinajstić information content (AvgIpc) is 3.01. The van der Waals surface area contributed by atoms with Gasteiger partial charge in [0.25, 0.3) is 10.0 Å². The van der Waals surface area contributed by atoms with Crippen molar-refractivity contribution in [2.24, 2.45) is 5.73 Å². The van der Waals surface area contributed by atoms with Crippen LogP contribution in [-0.2, 0) is 21.2 Å². The second kappa shape index (κ2) is 6.49. The number of hydrogen-bond acceptors (Lipinski definition) is 5. The number of fused-ring (bicyclic) bond motifs is 1. The molecule has 0 unspecified atom stereocenters. The van der Waals surface area contributed by atoms with Gasteiger partial charge < -0.3 is 15.2 Å². The van der Waals surface area contributed by atoms with E-state index in [1.54, 1.807) is 24.3 Å².